The predicted molar refractivity (Wildman–Crippen MR) is 59.5 cm³/mol. The summed E-state index contributed by atoms with van der Waals surface area (Å²) in [6.07, 6.45) is 4.75. The minimum absolute atomic E-state index is 0.151. The summed E-state index contributed by atoms with van der Waals surface area (Å²) >= 11 is 5.42. The highest BCUT2D eigenvalue weighted by Gasteiger charge is 2.00. The Bertz CT molecular complexity index is 407. The topological polar surface area (TPSA) is 39.2 Å². The lowest BCUT2D eigenvalue weighted by Gasteiger charge is -1.97. The molecule has 0 fully saturated rings. The number of pyridine rings is 1. The van der Waals surface area contributed by atoms with Gasteiger partial charge in [-0.2, -0.15) is 0 Å². The Morgan fingerprint density at radius 3 is 3.06 bits per heavy atom. The van der Waals surface area contributed by atoms with Gasteiger partial charge in [-0.15, -0.1) is 0 Å². The fourth-order valence-electron chi connectivity index (χ4n) is 1.04. The molecule has 0 bridgehead atoms. The van der Waals surface area contributed by atoms with Gasteiger partial charge in [0.05, 0.1) is 13.0 Å². The number of nitrogens with zero attached hydrogens (tertiary/aromatic N) is 1. The van der Waals surface area contributed by atoms with Gasteiger partial charge >= 0.3 is 5.97 Å². The zero-order valence-corrected chi connectivity index (χ0v) is 9.50. The summed E-state index contributed by atoms with van der Waals surface area (Å²) in [5, 5.41) is -0.164. The van der Waals surface area contributed by atoms with Crippen molar-refractivity contribution in [1.82, 2.24) is 4.98 Å². The van der Waals surface area contributed by atoms with Crippen molar-refractivity contribution < 1.29 is 13.9 Å². The van der Waals surface area contributed by atoms with Crippen LogP contribution in [0.25, 0.3) is 6.08 Å². The highest BCUT2D eigenvalue weighted by Crippen LogP contribution is 2.13. The predicted octanol–water partition coefficient (Wildman–Crippen LogP) is 2.84. The highest BCUT2D eigenvalue weighted by atomic mass is 35.5. The fraction of sp³-hybridized carbons (Fsp3) is 0.273. The normalized spacial score (nSPS) is 10.7. The van der Waals surface area contributed by atoms with Crippen molar-refractivity contribution in [3.05, 3.63) is 34.9 Å². The Morgan fingerprint density at radius 2 is 2.44 bits per heavy atom. The Morgan fingerprint density at radius 1 is 1.69 bits per heavy atom. The van der Waals surface area contributed by atoms with Crippen molar-refractivity contribution in [3.63, 3.8) is 0 Å². The van der Waals surface area contributed by atoms with Gasteiger partial charge in [-0.3, -0.25) is 4.79 Å². The number of hydrogen-bond donors (Lipinski definition) is 0. The SMILES string of the molecule is CCOC(=O)CC=Cc1cnc(Cl)c(F)c1. The van der Waals surface area contributed by atoms with Crippen molar-refractivity contribution in [3.8, 4) is 0 Å². The van der Waals surface area contributed by atoms with Crippen molar-refractivity contribution in [1.29, 1.82) is 0 Å². The van der Waals surface area contributed by atoms with Crippen LogP contribution in [0.4, 0.5) is 4.39 Å². The molecule has 1 aromatic rings. The molecule has 3 nitrogen and oxygen atoms in total. The number of rotatable bonds is 4. The van der Waals surface area contributed by atoms with Gasteiger partial charge in [-0.25, -0.2) is 9.37 Å². The smallest absolute Gasteiger partial charge is 0.309 e. The molecule has 0 saturated carbocycles. The first kappa shape index (κ1) is 12.6. The molecule has 0 saturated heterocycles. The maximum atomic E-state index is 13.0. The molecule has 0 unspecified atom stereocenters. The van der Waals surface area contributed by atoms with Gasteiger partial charge in [-0.1, -0.05) is 23.8 Å². The molecule has 0 amide bonds. The fourth-order valence-corrected chi connectivity index (χ4v) is 1.14. The molecule has 1 aromatic heterocycles. The number of ether oxygens (including phenoxy) is 1. The van der Waals surface area contributed by atoms with Crippen LogP contribution in [-0.2, 0) is 9.53 Å². The van der Waals surface area contributed by atoms with Crippen LogP contribution >= 0.6 is 11.6 Å². The Balaban J connectivity index is 2.56. The van der Waals surface area contributed by atoms with Crippen LogP contribution in [0, 0.1) is 5.82 Å². The molecule has 0 spiro atoms. The first-order chi connectivity index (χ1) is 7.63. The first-order valence-electron chi connectivity index (χ1n) is 4.76. The Kier molecular flexibility index (Phi) is 4.92. The molecule has 0 atom stereocenters. The average Bonchev–Trinajstić information content (AvgIpc) is 2.24. The molecule has 0 aliphatic carbocycles. The number of aromatic nitrogens is 1. The van der Waals surface area contributed by atoms with Gasteiger partial charge < -0.3 is 4.74 Å². The van der Waals surface area contributed by atoms with Crippen molar-refractivity contribution >= 4 is 23.6 Å². The largest absolute Gasteiger partial charge is 0.466 e. The summed E-state index contributed by atoms with van der Waals surface area (Å²) < 4.78 is 17.7. The second-order valence-electron chi connectivity index (χ2n) is 2.95. The maximum Gasteiger partial charge on any atom is 0.309 e. The molecule has 16 heavy (non-hydrogen) atoms. The number of hydrogen-bond acceptors (Lipinski definition) is 3. The monoisotopic (exact) mass is 243 g/mol. The molecule has 1 rings (SSSR count). The molecule has 0 radical (unpaired) electrons. The number of halogens is 2. The van der Waals surface area contributed by atoms with Crippen LogP contribution in [-0.4, -0.2) is 17.6 Å². The molecule has 0 N–H and O–H groups in total. The average molecular weight is 244 g/mol. The first-order valence-corrected chi connectivity index (χ1v) is 5.14. The zero-order chi connectivity index (χ0) is 12.0. The highest BCUT2D eigenvalue weighted by molar-refractivity contribution is 6.29. The lowest BCUT2D eigenvalue weighted by molar-refractivity contribution is -0.142. The lowest BCUT2D eigenvalue weighted by Crippen LogP contribution is -2.01. The zero-order valence-electron chi connectivity index (χ0n) is 8.74. The third-order valence-corrected chi connectivity index (χ3v) is 2.00. The second kappa shape index (κ2) is 6.23. The molecule has 0 aliphatic rings. The molecule has 5 heteroatoms. The number of carbonyl (C=O) groups excluding carboxylic acids is 1. The van der Waals surface area contributed by atoms with Crippen molar-refractivity contribution in [2.75, 3.05) is 6.61 Å². The maximum absolute atomic E-state index is 13.0. The van der Waals surface area contributed by atoms with Gasteiger partial charge in [0, 0.05) is 6.20 Å². The van der Waals surface area contributed by atoms with Gasteiger partial charge in [-0.05, 0) is 18.6 Å². The van der Waals surface area contributed by atoms with E-state index < -0.39 is 5.82 Å². The second-order valence-corrected chi connectivity index (χ2v) is 3.31. The standard InChI is InChI=1S/C11H11ClFNO2/c1-2-16-10(15)5-3-4-8-6-9(13)11(12)14-7-8/h3-4,6-7H,2,5H2,1H3. The summed E-state index contributed by atoms with van der Waals surface area (Å²) in [5.74, 6) is -0.902. The van der Waals surface area contributed by atoms with Gasteiger partial charge in [0.25, 0.3) is 0 Å². The van der Waals surface area contributed by atoms with Gasteiger partial charge in [0.2, 0.25) is 0 Å². The lowest BCUT2D eigenvalue weighted by atomic mass is 10.2. The van der Waals surface area contributed by atoms with Crippen LogP contribution in [0.3, 0.4) is 0 Å². The van der Waals surface area contributed by atoms with E-state index in [0.717, 1.165) is 0 Å². The summed E-state index contributed by atoms with van der Waals surface area (Å²) in [4.78, 5) is 14.6. The van der Waals surface area contributed by atoms with E-state index in [9.17, 15) is 9.18 Å². The molecule has 1 heterocycles. The van der Waals surface area contributed by atoms with E-state index in [1.54, 1.807) is 19.1 Å². The van der Waals surface area contributed by atoms with E-state index in [1.165, 1.54) is 12.3 Å². The van der Waals surface area contributed by atoms with E-state index in [2.05, 4.69) is 4.98 Å². The number of esters is 1. The van der Waals surface area contributed by atoms with Crippen molar-refractivity contribution in [2.24, 2.45) is 0 Å². The van der Waals surface area contributed by atoms with Crippen LogP contribution in [0.1, 0.15) is 18.9 Å². The van der Waals surface area contributed by atoms with Crippen LogP contribution in [0.15, 0.2) is 18.3 Å². The quantitative estimate of drug-likeness (QED) is 0.603. The summed E-state index contributed by atoms with van der Waals surface area (Å²) in [6, 6.07) is 1.25. The van der Waals surface area contributed by atoms with Crippen LogP contribution < -0.4 is 0 Å². The molecule has 0 aliphatic heterocycles. The Hall–Kier alpha value is -1.42. The minimum atomic E-state index is -0.583. The van der Waals surface area contributed by atoms with Gasteiger partial charge in [0.15, 0.2) is 11.0 Å². The molecule has 0 aromatic carbocycles. The third-order valence-electron chi connectivity index (χ3n) is 1.72. The van der Waals surface area contributed by atoms with E-state index in [0.29, 0.717) is 12.2 Å². The third kappa shape index (κ3) is 3.98. The molecular formula is C11H11ClFNO2. The van der Waals surface area contributed by atoms with Crippen LogP contribution in [0.5, 0.6) is 0 Å². The van der Waals surface area contributed by atoms with Crippen LogP contribution in [0.2, 0.25) is 5.15 Å². The summed E-state index contributed by atoms with van der Waals surface area (Å²) in [5.41, 5.74) is 0.547. The van der Waals surface area contributed by atoms with Crippen molar-refractivity contribution in [2.45, 2.75) is 13.3 Å². The van der Waals surface area contributed by atoms with E-state index in [4.69, 9.17) is 16.3 Å². The summed E-state index contributed by atoms with van der Waals surface area (Å²) in [6.45, 7) is 2.09. The Labute approximate surface area is 97.9 Å². The van der Waals surface area contributed by atoms with E-state index in [1.807, 2.05) is 0 Å². The van der Waals surface area contributed by atoms with E-state index in [-0.39, 0.29) is 17.5 Å². The van der Waals surface area contributed by atoms with Gasteiger partial charge in [0.1, 0.15) is 0 Å². The summed E-state index contributed by atoms with van der Waals surface area (Å²) in [7, 11) is 0. The molecular weight excluding hydrogens is 233 g/mol. The number of carbonyl (C=O) groups is 1. The van der Waals surface area contributed by atoms with E-state index >= 15 is 0 Å². The minimum Gasteiger partial charge on any atom is -0.466 e. The molecule has 86 valence electrons.